The summed E-state index contributed by atoms with van der Waals surface area (Å²) < 4.78 is 0. The number of hydrogen-bond acceptors (Lipinski definition) is 5. The van der Waals surface area contributed by atoms with E-state index in [0.29, 0.717) is 29.4 Å². The second-order valence-electron chi connectivity index (χ2n) is 7.21. The number of thiophene rings is 1. The largest absolute Gasteiger partial charge is 0.366 e. The first-order valence-corrected chi connectivity index (χ1v) is 11.4. The number of imide groups is 1. The Bertz CT molecular complexity index is 1100. The van der Waals surface area contributed by atoms with E-state index in [1.165, 1.54) is 16.2 Å². The van der Waals surface area contributed by atoms with E-state index in [2.05, 4.69) is 4.98 Å². The van der Waals surface area contributed by atoms with Crippen LogP contribution in [0.25, 0.3) is 5.57 Å². The first kappa shape index (κ1) is 21.3. The molecular formula is C24H22ClN3O2S. The van der Waals surface area contributed by atoms with Crippen LogP contribution in [-0.4, -0.2) is 39.7 Å². The van der Waals surface area contributed by atoms with Crippen LogP contribution in [0.4, 0.5) is 0 Å². The molecule has 0 aliphatic carbocycles. The molecule has 0 bridgehead atoms. The van der Waals surface area contributed by atoms with E-state index in [-0.39, 0.29) is 18.4 Å². The van der Waals surface area contributed by atoms with Crippen molar-refractivity contribution >= 4 is 40.3 Å². The molecule has 0 N–H and O–H groups in total. The van der Waals surface area contributed by atoms with Crippen molar-refractivity contribution in [3.8, 4) is 0 Å². The van der Waals surface area contributed by atoms with Gasteiger partial charge in [-0.3, -0.25) is 19.5 Å². The number of likely N-dealkylation sites (N-methyl/N-ethyl adjacent to an activating group) is 1. The molecule has 1 aliphatic heterocycles. The Morgan fingerprint density at radius 1 is 1.00 bits per heavy atom. The molecule has 7 heteroatoms. The number of pyridine rings is 1. The monoisotopic (exact) mass is 451 g/mol. The summed E-state index contributed by atoms with van der Waals surface area (Å²) >= 11 is 7.45. The van der Waals surface area contributed by atoms with Gasteiger partial charge < -0.3 is 4.90 Å². The van der Waals surface area contributed by atoms with Crippen molar-refractivity contribution in [2.75, 3.05) is 13.1 Å². The second-order valence-corrected chi connectivity index (χ2v) is 8.59. The number of aromatic nitrogens is 1. The zero-order valence-electron chi connectivity index (χ0n) is 17.1. The van der Waals surface area contributed by atoms with Gasteiger partial charge in [-0.05, 0) is 60.2 Å². The summed E-state index contributed by atoms with van der Waals surface area (Å²) in [5.41, 5.74) is 2.97. The molecule has 2 aromatic heterocycles. The fraction of sp³-hybridized carbons (Fsp3) is 0.208. The van der Waals surface area contributed by atoms with Crippen LogP contribution in [0.2, 0.25) is 5.02 Å². The lowest BCUT2D eigenvalue weighted by Gasteiger charge is -2.24. The molecule has 1 aliphatic rings. The molecule has 2 amide bonds. The Kier molecular flexibility index (Phi) is 6.49. The van der Waals surface area contributed by atoms with E-state index in [1.54, 1.807) is 24.5 Å². The summed E-state index contributed by atoms with van der Waals surface area (Å²) in [5.74, 6) is -0.500. The summed E-state index contributed by atoms with van der Waals surface area (Å²) in [6.07, 6.45) is 4.29. The van der Waals surface area contributed by atoms with Crippen LogP contribution in [0.5, 0.6) is 0 Å². The molecule has 0 unspecified atom stereocenters. The highest BCUT2D eigenvalue weighted by Crippen LogP contribution is 2.34. The molecule has 4 rings (SSSR count). The van der Waals surface area contributed by atoms with Gasteiger partial charge in [0.05, 0.1) is 12.1 Å². The standard InChI is InChI=1S/C24H22ClN3O2S/c1-2-27(14-11-17-9-12-26-13-10-17)22-21(20-4-3-15-31-20)23(29)28(24(22)30)16-18-5-7-19(25)8-6-18/h3-10,12-13,15H,2,11,14,16H2,1H3. The van der Waals surface area contributed by atoms with Gasteiger partial charge in [-0.15, -0.1) is 11.3 Å². The minimum Gasteiger partial charge on any atom is -0.366 e. The van der Waals surface area contributed by atoms with E-state index in [9.17, 15) is 9.59 Å². The van der Waals surface area contributed by atoms with E-state index in [4.69, 9.17) is 11.6 Å². The number of carbonyl (C=O) groups is 2. The van der Waals surface area contributed by atoms with E-state index >= 15 is 0 Å². The zero-order valence-corrected chi connectivity index (χ0v) is 18.7. The summed E-state index contributed by atoms with van der Waals surface area (Å²) in [7, 11) is 0. The predicted molar refractivity (Wildman–Crippen MR) is 123 cm³/mol. The van der Waals surface area contributed by atoms with Gasteiger partial charge in [0.25, 0.3) is 11.8 Å². The number of hydrogen-bond donors (Lipinski definition) is 0. The van der Waals surface area contributed by atoms with E-state index in [0.717, 1.165) is 22.4 Å². The molecule has 0 radical (unpaired) electrons. The number of nitrogens with zero attached hydrogens (tertiary/aromatic N) is 3. The van der Waals surface area contributed by atoms with Gasteiger partial charge in [-0.1, -0.05) is 29.8 Å². The van der Waals surface area contributed by atoms with Crippen LogP contribution in [-0.2, 0) is 22.6 Å². The van der Waals surface area contributed by atoms with Crippen LogP contribution in [0.3, 0.4) is 0 Å². The van der Waals surface area contributed by atoms with Gasteiger partial charge in [0.15, 0.2) is 0 Å². The van der Waals surface area contributed by atoms with Crippen molar-refractivity contribution in [1.29, 1.82) is 0 Å². The average Bonchev–Trinajstić information content (AvgIpc) is 3.39. The summed E-state index contributed by atoms with van der Waals surface area (Å²) in [6, 6.07) is 14.9. The topological polar surface area (TPSA) is 53.5 Å². The number of rotatable bonds is 8. The first-order valence-electron chi connectivity index (χ1n) is 10.1. The third-order valence-corrected chi connectivity index (χ3v) is 6.42. The lowest BCUT2D eigenvalue weighted by Crippen LogP contribution is -2.35. The average molecular weight is 452 g/mol. The Morgan fingerprint density at radius 3 is 2.39 bits per heavy atom. The molecule has 0 atom stereocenters. The van der Waals surface area contributed by atoms with Crippen molar-refractivity contribution in [2.24, 2.45) is 0 Å². The molecule has 3 aromatic rings. The van der Waals surface area contributed by atoms with E-state index in [1.807, 2.05) is 53.6 Å². The van der Waals surface area contributed by atoms with Crippen molar-refractivity contribution in [3.63, 3.8) is 0 Å². The molecule has 158 valence electrons. The van der Waals surface area contributed by atoms with Crippen LogP contribution in [0, 0.1) is 0 Å². The molecule has 0 saturated carbocycles. The van der Waals surface area contributed by atoms with Gasteiger partial charge in [0, 0.05) is 35.4 Å². The quantitative estimate of drug-likeness (QED) is 0.468. The molecule has 31 heavy (non-hydrogen) atoms. The summed E-state index contributed by atoms with van der Waals surface area (Å²) in [6.45, 7) is 3.49. The summed E-state index contributed by atoms with van der Waals surface area (Å²) in [5, 5.41) is 2.54. The molecule has 0 spiro atoms. The molecule has 3 heterocycles. The maximum Gasteiger partial charge on any atom is 0.278 e. The highest BCUT2D eigenvalue weighted by molar-refractivity contribution is 7.11. The Morgan fingerprint density at radius 2 is 1.74 bits per heavy atom. The van der Waals surface area contributed by atoms with Gasteiger partial charge in [-0.2, -0.15) is 0 Å². The van der Waals surface area contributed by atoms with Gasteiger partial charge >= 0.3 is 0 Å². The molecule has 1 aromatic carbocycles. The fourth-order valence-electron chi connectivity index (χ4n) is 3.66. The number of carbonyl (C=O) groups excluding carboxylic acids is 2. The normalized spacial score (nSPS) is 13.9. The minimum absolute atomic E-state index is 0.217. The molecular weight excluding hydrogens is 430 g/mol. The van der Waals surface area contributed by atoms with Crippen molar-refractivity contribution < 1.29 is 9.59 Å². The fourth-order valence-corrected chi connectivity index (χ4v) is 4.55. The number of amides is 2. The SMILES string of the molecule is CCN(CCc1ccncc1)C1=C(c2cccs2)C(=O)N(Cc2ccc(Cl)cc2)C1=O. The Balaban J connectivity index is 1.64. The highest BCUT2D eigenvalue weighted by Gasteiger charge is 2.41. The van der Waals surface area contributed by atoms with Crippen LogP contribution in [0.1, 0.15) is 22.9 Å². The molecule has 0 saturated heterocycles. The maximum absolute atomic E-state index is 13.5. The summed E-state index contributed by atoms with van der Waals surface area (Å²) in [4.78, 5) is 35.1. The zero-order chi connectivity index (χ0) is 21.8. The third kappa shape index (κ3) is 4.55. The van der Waals surface area contributed by atoms with Crippen molar-refractivity contribution in [3.05, 3.63) is 93.0 Å². The minimum atomic E-state index is -0.250. The maximum atomic E-state index is 13.5. The van der Waals surface area contributed by atoms with Gasteiger partial charge in [0.1, 0.15) is 5.70 Å². The lowest BCUT2D eigenvalue weighted by molar-refractivity contribution is -0.138. The van der Waals surface area contributed by atoms with Crippen LogP contribution >= 0.6 is 22.9 Å². The molecule has 0 fully saturated rings. The van der Waals surface area contributed by atoms with E-state index < -0.39 is 0 Å². The predicted octanol–water partition coefficient (Wildman–Crippen LogP) is 4.64. The smallest absolute Gasteiger partial charge is 0.278 e. The van der Waals surface area contributed by atoms with Gasteiger partial charge in [-0.25, -0.2) is 0 Å². The molecule has 5 nitrogen and oxygen atoms in total. The Labute approximate surface area is 190 Å². The van der Waals surface area contributed by atoms with Crippen molar-refractivity contribution in [2.45, 2.75) is 19.9 Å². The van der Waals surface area contributed by atoms with Gasteiger partial charge in [0.2, 0.25) is 0 Å². The lowest BCUT2D eigenvalue weighted by atomic mass is 10.1. The Hall–Kier alpha value is -2.96. The number of benzene rings is 1. The second kappa shape index (κ2) is 9.45. The third-order valence-electron chi connectivity index (χ3n) is 5.28. The highest BCUT2D eigenvalue weighted by atomic mass is 35.5. The van der Waals surface area contributed by atoms with Crippen LogP contribution in [0.15, 0.2) is 72.0 Å². The van der Waals surface area contributed by atoms with Crippen LogP contribution < -0.4 is 0 Å². The van der Waals surface area contributed by atoms with Crippen molar-refractivity contribution in [1.82, 2.24) is 14.8 Å². The number of halogens is 1. The first-order chi connectivity index (χ1) is 15.1.